The van der Waals surface area contributed by atoms with Crippen LogP contribution in [-0.2, 0) is 14.3 Å². The van der Waals surface area contributed by atoms with E-state index in [0.29, 0.717) is 24.8 Å². The number of amides is 2. The standard InChI is InChI=1S/C16H18N2O5/c17-15(21)13-3-1-2-8-18(13)14(20)10-23-16(22)12-6-4-11(9-19)5-7-12/h4-7,9,13H,1-3,8,10H2,(H2,17,21)/t13-/m1/s1. The number of piperidine rings is 1. The van der Waals surface area contributed by atoms with E-state index in [1.54, 1.807) is 0 Å². The van der Waals surface area contributed by atoms with Crippen LogP contribution in [0.1, 0.15) is 40.0 Å². The molecule has 1 aliphatic heterocycles. The Bertz CT molecular complexity index is 611. The fraction of sp³-hybridized carbons (Fsp3) is 0.375. The number of benzene rings is 1. The summed E-state index contributed by atoms with van der Waals surface area (Å²) >= 11 is 0. The molecule has 1 aliphatic rings. The molecule has 0 unspecified atom stereocenters. The molecule has 0 saturated carbocycles. The van der Waals surface area contributed by atoms with Gasteiger partial charge < -0.3 is 15.4 Å². The SMILES string of the molecule is NC(=O)[C@H]1CCCCN1C(=O)COC(=O)c1ccc(C=O)cc1. The number of hydrogen-bond acceptors (Lipinski definition) is 5. The fourth-order valence-electron chi connectivity index (χ4n) is 2.52. The molecule has 2 amide bonds. The minimum absolute atomic E-state index is 0.244. The van der Waals surface area contributed by atoms with Gasteiger partial charge >= 0.3 is 5.97 Å². The Labute approximate surface area is 133 Å². The first kappa shape index (κ1) is 16.7. The third kappa shape index (κ3) is 4.15. The molecular weight excluding hydrogens is 300 g/mol. The monoisotopic (exact) mass is 318 g/mol. The average Bonchev–Trinajstić information content (AvgIpc) is 2.59. The second kappa shape index (κ2) is 7.53. The maximum absolute atomic E-state index is 12.1. The average molecular weight is 318 g/mol. The van der Waals surface area contributed by atoms with Crippen molar-refractivity contribution in [2.75, 3.05) is 13.2 Å². The van der Waals surface area contributed by atoms with Crippen molar-refractivity contribution >= 4 is 24.1 Å². The quantitative estimate of drug-likeness (QED) is 0.629. The zero-order chi connectivity index (χ0) is 16.8. The Kier molecular flexibility index (Phi) is 5.46. The summed E-state index contributed by atoms with van der Waals surface area (Å²) in [6.45, 7) is -0.0178. The number of aldehydes is 1. The minimum Gasteiger partial charge on any atom is -0.452 e. The van der Waals surface area contributed by atoms with Crippen LogP contribution in [0.4, 0.5) is 0 Å². The number of carbonyl (C=O) groups is 4. The Hall–Kier alpha value is -2.70. The van der Waals surface area contributed by atoms with E-state index < -0.39 is 30.4 Å². The number of likely N-dealkylation sites (tertiary alicyclic amines) is 1. The number of nitrogens with two attached hydrogens (primary N) is 1. The maximum atomic E-state index is 12.1. The predicted octanol–water partition coefficient (Wildman–Crippen LogP) is 0.522. The van der Waals surface area contributed by atoms with Crippen LogP contribution in [0, 0.1) is 0 Å². The lowest BCUT2D eigenvalue weighted by atomic mass is 10.0. The van der Waals surface area contributed by atoms with E-state index >= 15 is 0 Å². The van der Waals surface area contributed by atoms with Crippen LogP contribution in [0.5, 0.6) is 0 Å². The molecular formula is C16H18N2O5. The molecule has 23 heavy (non-hydrogen) atoms. The number of esters is 1. The van der Waals surface area contributed by atoms with Gasteiger partial charge in [-0.2, -0.15) is 0 Å². The van der Waals surface area contributed by atoms with Gasteiger partial charge in [-0.25, -0.2) is 4.79 Å². The smallest absolute Gasteiger partial charge is 0.338 e. The molecule has 1 aromatic rings. The van der Waals surface area contributed by atoms with Gasteiger partial charge in [0, 0.05) is 12.1 Å². The van der Waals surface area contributed by atoms with Crippen molar-refractivity contribution in [1.82, 2.24) is 4.90 Å². The van der Waals surface area contributed by atoms with Crippen LogP contribution >= 0.6 is 0 Å². The van der Waals surface area contributed by atoms with E-state index in [1.165, 1.54) is 29.2 Å². The zero-order valence-electron chi connectivity index (χ0n) is 12.6. The van der Waals surface area contributed by atoms with Gasteiger partial charge in [0.05, 0.1) is 5.56 Å². The Morgan fingerprint density at radius 2 is 1.91 bits per heavy atom. The molecule has 1 saturated heterocycles. The van der Waals surface area contributed by atoms with Crippen molar-refractivity contribution in [1.29, 1.82) is 0 Å². The molecule has 122 valence electrons. The molecule has 0 bridgehead atoms. The van der Waals surface area contributed by atoms with Crippen molar-refractivity contribution < 1.29 is 23.9 Å². The molecule has 0 aromatic heterocycles. The number of primary amides is 1. The summed E-state index contributed by atoms with van der Waals surface area (Å²) in [5.41, 5.74) is 5.98. The van der Waals surface area contributed by atoms with Crippen LogP contribution in [0.25, 0.3) is 0 Å². The van der Waals surface area contributed by atoms with Crippen LogP contribution in [0.2, 0.25) is 0 Å². The number of carbonyl (C=O) groups excluding carboxylic acids is 4. The van der Waals surface area contributed by atoms with E-state index in [1.807, 2.05) is 0 Å². The van der Waals surface area contributed by atoms with Crippen molar-refractivity contribution in [3.8, 4) is 0 Å². The Morgan fingerprint density at radius 1 is 1.22 bits per heavy atom. The van der Waals surface area contributed by atoms with Crippen molar-refractivity contribution in [3.05, 3.63) is 35.4 Å². The van der Waals surface area contributed by atoms with E-state index in [0.717, 1.165) is 12.8 Å². The number of hydrogen-bond donors (Lipinski definition) is 1. The van der Waals surface area contributed by atoms with Gasteiger partial charge in [0.2, 0.25) is 5.91 Å². The van der Waals surface area contributed by atoms with Gasteiger partial charge in [-0.1, -0.05) is 12.1 Å². The summed E-state index contributed by atoms with van der Waals surface area (Å²) in [6, 6.07) is 5.23. The second-order valence-electron chi connectivity index (χ2n) is 5.32. The lowest BCUT2D eigenvalue weighted by molar-refractivity contribution is -0.143. The molecule has 1 fully saturated rings. The van der Waals surface area contributed by atoms with Crippen LogP contribution in [0.3, 0.4) is 0 Å². The molecule has 1 atom stereocenters. The van der Waals surface area contributed by atoms with E-state index in [2.05, 4.69) is 0 Å². The highest BCUT2D eigenvalue weighted by molar-refractivity contribution is 5.93. The van der Waals surface area contributed by atoms with Gasteiger partial charge in [-0.15, -0.1) is 0 Å². The Morgan fingerprint density at radius 3 is 2.52 bits per heavy atom. The molecule has 7 heteroatoms. The zero-order valence-corrected chi connectivity index (χ0v) is 12.6. The van der Waals surface area contributed by atoms with Crippen molar-refractivity contribution in [2.24, 2.45) is 5.73 Å². The molecule has 2 rings (SSSR count). The van der Waals surface area contributed by atoms with Gasteiger partial charge in [-0.05, 0) is 31.4 Å². The molecule has 1 aromatic carbocycles. The van der Waals surface area contributed by atoms with Crippen LogP contribution in [-0.4, -0.2) is 48.2 Å². The van der Waals surface area contributed by atoms with Gasteiger partial charge in [0.1, 0.15) is 12.3 Å². The van der Waals surface area contributed by atoms with Crippen molar-refractivity contribution in [3.63, 3.8) is 0 Å². The summed E-state index contributed by atoms with van der Waals surface area (Å²) in [5, 5.41) is 0. The summed E-state index contributed by atoms with van der Waals surface area (Å²) < 4.78 is 4.97. The number of rotatable bonds is 5. The third-order valence-electron chi connectivity index (χ3n) is 3.76. The number of nitrogens with zero attached hydrogens (tertiary/aromatic N) is 1. The fourth-order valence-corrected chi connectivity index (χ4v) is 2.52. The molecule has 0 radical (unpaired) electrons. The first-order valence-corrected chi connectivity index (χ1v) is 7.34. The van der Waals surface area contributed by atoms with Gasteiger partial charge in [0.15, 0.2) is 6.61 Å². The van der Waals surface area contributed by atoms with Crippen LogP contribution in [0.15, 0.2) is 24.3 Å². The molecule has 0 aliphatic carbocycles. The highest BCUT2D eigenvalue weighted by Gasteiger charge is 2.31. The largest absolute Gasteiger partial charge is 0.452 e. The predicted molar refractivity (Wildman–Crippen MR) is 80.7 cm³/mol. The third-order valence-corrected chi connectivity index (χ3v) is 3.76. The first-order valence-electron chi connectivity index (χ1n) is 7.34. The van der Waals surface area contributed by atoms with E-state index in [-0.39, 0.29) is 5.56 Å². The number of ether oxygens (including phenoxy) is 1. The maximum Gasteiger partial charge on any atom is 0.338 e. The highest BCUT2D eigenvalue weighted by Crippen LogP contribution is 2.17. The van der Waals surface area contributed by atoms with Crippen LogP contribution < -0.4 is 5.73 Å². The summed E-state index contributed by atoms with van der Waals surface area (Å²) in [7, 11) is 0. The van der Waals surface area contributed by atoms with E-state index in [4.69, 9.17) is 10.5 Å². The topological polar surface area (TPSA) is 107 Å². The lowest BCUT2D eigenvalue weighted by Gasteiger charge is -2.33. The first-order chi connectivity index (χ1) is 11.0. The second-order valence-corrected chi connectivity index (χ2v) is 5.32. The summed E-state index contributed by atoms with van der Waals surface area (Å²) in [6.07, 6.45) is 2.82. The van der Waals surface area contributed by atoms with Gasteiger partial charge in [0.25, 0.3) is 5.91 Å². The normalized spacial score (nSPS) is 17.4. The molecule has 0 spiro atoms. The van der Waals surface area contributed by atoms with Crippen molar-refractivity contribution in [2.45, 2.75) is 25.3 Å². The molecule has 1 heterocycles. The molecule has 7 nitrogen and oxygen atoms in total. The minimum atomic E-state index is -0.663. The highest BCUT2D eigenvalue weighted by atomic mass is 16.5. The Balaban J connectivity index is 1.93. The van der Waals surface area contributed by atoms with E-state index in [9.17, 15) is 19.2 Å². The summed E-state index contributed by atoms with van der Waals surface area (Å²) in [5.74, 6) is -1.65. The molecule has 2 N–H and O–H groups in total. The van der Waals surface area contributed by atoms with Gasteiger partial charge in [-0.3, -0.25) is 14.4 Å². The summed E-state index contributed by atoms with van der Waals surface area (Å²) in [4.78, 5) is 47.3. The lowest BCUT2D eigenvalue weighted by Crippen LogP contribution is -2.51.